The van der Waals surface area contributed by atoms with Gasteiger partial charge in [0.1, 0.15) is 22.9 Å². The average Bonchev–Trinajstić information content (AvgIpc) is 3.34. The van der Waals surface area contributed by atoms with Crippen LogP contribution in [-0.2, 0) is 0 Å². The Balaban J connectivity index is 1.57. The molecule has 1 aliphatic rings. The molecule has 1 atom stereocenters. The molecule has 0 bridgehead atoms. The van der Waals surface area contributed by atoms with E-state index in [0.29, 0.717) is 22.1 Å². The Hall–Kier alpha value is -4.23. The number of carbonyl (C=O) groups is 1. The van der Waals surface area contributed by atoms with Crippen LogP contribution in [0.4, 0.5) is 11.5 Å². The third kappa shape index (κ3) is 4.58. The van der Waals surface area contributed by atoms with Crippen molar-refractivity contribution in [3.8, 4) is 11.5 Å². The molecule has 35 heavy (non-hydrogen) atoms. The molecule has 0 aliphatic carbocycles. The summed E-state index contributed by atoms with van der Waals surface area (Å²) in [6.45, 7) is 0. The molecule has 3 aromatic carbocycles. The standard InChI is InChI=1S/C27H23ClN4O3/c1-34-21-7-3-5-17(13-21)24-15-25(18-6-4-8-22(14-18)35-2)32-26(31-24)23(16-29-32)27(33)30-20-11-9-19(28)10-12-20/h3-16,25,31H,1-2H3,(H,30,33)/t25-/m0/s1. The topological polar surface area (TPSA) is 77.4 Å². The van der Waals surface area contributed by atoms with Crippen molar-refractivity contribution < 1.29 is 14.3 Å². The highest BCUT2D eigenvalue weighted by atomic mass is 35.5. The molecule has 0 saturated heterocycles. The second kappa shape index (κ2) is 9.56. The van der Waals surface area contributed by atoms with E-state index < -0.39 is 0 Å². The Morgan fingerprint density at radius 3 is 2.46 bits per heavy atom. The zero-order valence-electron chi connectivity index (χ0n) is 19.2. The molecule has 1 aromatic heterocycles. The summed E-state index contributed by atoms with van der Waals surface area (Å²) >= 11 is 5.97. The van der Waals surface area contributed by atoms with Gasteiger partial charge in [-0.1, -0.05) is 35.9 Å². The number of nitrogens with one attached hydrogen (secondary N) is 2. The van der Waals surface area contributed by atoms with Gasteiger partial charge in [0.05, 0.1) is 26.5 Å². The molecule has 2 N–H and O–H groups in total. The number of rotatable bonds is 6. The van der Waals surface area contributed by atoms with E-state index >= 15 is 0 Å². The number of ether oxygens (including phenoxy) is 2. The van der Waals surface area contributed by atoms with Gasteiger partial charge in [-0.2, -0.15) is 5.10 Å². The van der Waals surface area contributed by atoms with E-state index in [0.717, 1.165) is 28.3 Å². The maximum absolute atomic E-state index is 13.2. The molecule has 4 aromatic rings. The summed E-state index contributed by atoms with van der Waals surface area (Å²) in [7, 11) is 3.27. The first kappa shape index (κ1) is 22.6. The van der Waals surface area contributed by atoms with Crippen LogP contribution in [0, 0.1) is 0 Å². The van der Waals surface area contributed by atoms with Crippen LogP contribution in [0.2, 0.25) is 5.02 Å². The number of anilines is 2. The van der Waals surface area contributed by atoms with Crippen molar-refractivity contribution in [2.45, 2.75) is 6.04 Å². The number of aromatic nitrogens is 2. The first-order valence-electron chi connectivity index (χ1n) is 11.0. The molecular formula is C27H23ClN4O3. The van der Waals surface area contributed by atoms with Crippen LogP contribution in [0.5, 0.6) is 11.5 Å². The molecule has 0 radical (unpaired) electrons. The number of amides is 1. The lowest BCUT2D eigenvalue weighted by Crippen LogP contribution is -2.22. The van der Waals surface area contributed by atoms with Gasteiger partial charge in [-0.15, -0.1) is 0 Å². The molecule has 176 valence electrons. The minimum Gasteiger partial charge on any atom is -0.497 e. The maximum Gasteiger partial charge on any atom is 0.261 e. The first-order chi connectivity index (χ1) is 17.1. The second-order valence-electron chi connectivity index (χ2n) is 7.97. The van der Waals surface area contributed by atoms with Gasteiger partial charge < -0.3 is 20.1 Å². The molecular weight excluding hydrogens is 464 g/mol. The summed E-state index contributed by atoms with van der Waals surface area (Å²) < 4.78 is 12.7. The van der Waals surface area contributed by atoms with Gasteiger partial charge in [0.2, 0.25) is 0 Å². The highest BCUT2D eigenvalue weighted by molar-refractivity contribution is 6.30. The fourth-order valence-corrected chi connectivity index (χ4v) is 4.14. The van der Waals surface area contributed by atoms with E-state index in [1.54, 1.807) is 49.4 Å². The lowest BCUT2D eigenvalue weighted by atomic mass is 10.0. The van der Waals surface area contributed by atoms with E-state index in [1.807, 2.05) is 48.5 Å². The Morgan fingerprint density at radius 2 is 1.71 bits per heavy atom. The number of halogens is 1. The Morgan fingerprint density at radius 1 is 1.00 bits per heavy atom. The van der Waals surface area contributed by atoms with Gasteiger partial charge in [-0.3, -0.25) is 4.79 Å². The van der Waals surface area contributed by atoms with Crippen LogP contribution >= 0.6 is 11.6 Å². The monoisotopic (exact) mass is 486 g/mol. The summed E-state index contributed by atoms with van der Waals surface area (Å²) in [5.41, 5.74) is 3.80. The quantitative estimate of drug-likeness (QED) is 0.357. The van der Waals surface area contributed by atoms with Gasteiger partial charge in [-0.05, 0) is 60.2 Å². The minimum absolute atomic E-state index is 0.264. The largest absolute Gasteiger partial charge is 0.497 e. The number of hydrogen-bond acceptors (Lipinski definition) is 5. The molecule has 1 amide bonds. The van der Waals surface area contributed by atoms with Crippen molar-refractivity contribution in [2.24, 2.45) is 0 Å². The van der Waals surface area contributed by atoms with E-state index in [4.69, 9.17) is 21.1 Å². The van der Waals surface area contributed by atoms with E-state index in [-0.39, 0.29) is 11.9 Å². The van der Waals surface area contributed by atoms with Crippen LogP contribution in [0.15, 0.2) is 85.1 Å². The number of hydrogen-bond donors (Lipinski definition) is 2. The smallest absolute Gasteiger partial charge is 0.261 e. The number of fused-ring (bicyclic) bond motifs is 1. The highest BCUT2D eigenvalue weighted by Gasteiger charge is 2.28. The SMILES string of the molecule is COc1cccc(C2=C[C@@H](c3cccc(OC)c3)n3ncc(C(=O)Nc4ccc(Cl)cc4)c3N2)c1. The van der Waals surface area contributed by atoms with Crippen LogP contribution in [0.25, 0.3) is 5.70 Å². The van der Waals surface area contributed by atoms with Crippen molar-refractivity contribution >= 4 is 34.7 Å². The molecule has 7 nitrogen and oxygen atoms in total. The van der Waals surface area contributed by atoms with Crippen molar-refractivity contribution in [1.82, 2.24) is 9.78 Å². The highest BCUT2D eigenvalue weighted by Crippen LogP contribution is 2.37. The molecule has 1 aliphatic heterocycles. The van der Waals surface area contributed by atoms with Gasteiger partial charge in [-0.25, -0.2) is 4.68 Å². The fourth-order valence-electron chi connectivity index (χ4n) is 4.02. The second-order valence-corrected chi connectivity index (χ2v) is 8.41. The Bertz CT molecular complexity index is 1410. The molecule has 0 unspecified atom stereocenters. The summed E-state index contributed by atoms with van der Waals surface area (Å²) in [4.78, 5) is 13.2. The van der Waals surface area contributed by atoms with E-state index in [9.17, 15) is 4.79 Å². The van der Waals surface area contributed by atoms with Crippen molar-refractivity contribution in [3.63, 3.8) is 0 Å². The lowest BCUT2D eigenvalue weighted by Gasteiger charge is -2.26. The molecule has 5 rings (SSSR count). The number of allylic oxidation sites excluding steroid dienone is 1. The lowest BCUT2D eigenvalue weighted by molar-refractivity contribution is 0.102. The summed E-state index contributed by atoms with van der Waals surface area (Å²) in [5, 5.41) is 11.5. The normalized spacial score (nSPS) is 14.4. The van der Waals surface area contributed by atoms with Crippen LogP contribution in [-0.4, -0.2) is 29.9 Å². The predicted molar refractivity (Wildman–Crippen MR) is 137 cm³/mol. The summed E-state index contributed by atoms with van der Waals surface area (Å²) in [6.07, 6.45) is 3.65. The van der Waals surface area contributed by atoms with Crippen LogP contribution in [0.3, 0.4) is 0 Å². The number of carbonyl (C=O) groups excluding carboxylic acids is 1. The van der Waals surface area contributed by atoms with Gasteiger partial charge in [0.25, 0.3) is 5.91 Å². The van der Waals surface area contributed by atoms with E-state index in [2.05, 4.69) is 21.8 Å². The van der Waals surface area contributed by atoms with Gasteiger partial charge >= 0.3 is 0 Å². The molecule has 0 spiro atoms. The number of benzene rings is 3. The van der Waals surface area contributed by atoms with Crippen molar-refractivity contribution in [1.29, 1.82) is 0 Å². The minimum atomic E-state index is -0.280. The maximum atomic E-state index is 13.2. The third-order valence-corrected chi connectivity index (χ3v) is 6.05. The van der Waals surface area contributed by atoms with Gasteiger partial charge in [0.15, 0.2) is 0 Å². The number of nitrogens with zero attached hydrogens (tertiary/aromatic N) is 2. The summed E-state index contributed by atoms with van der Waals surface area (Å²) in [5.74, 6) is 1.79. The Labute approximate surface area is 207 Å². The molecule has 0 fully saturated rings. The molecule has 8 heteroatoms. The summed E-state index contributed by atoms with van der Waals surface area (Å²) in [6, 6.07) is 22.3. The number of methoxy groups -OCH3 is 2. The zero-order chi connectivity index (χ0) is 24.4. The molecule has 0 saturated carbocycles. The first-order valence-corrected chi connectivity index (χ1v) is 11.3. The van der Waals surface area contributed by atoms with Crippen LogP contribution in [0.1, 0.15) is 27.5 Å². The van der Waals surface area contributed by atoms with Crippen LogP contribution < -0.4 is 20.1 Å². The molecule has 2 heterocycles. The average molecular weight is 487 g/mol. The van der Waals surface area contributed by atoms with Gasteiger partial charge in [0, 0.05) is 22.0 Å². The van der Waals surface area contributed by atoms with Crippen molar-refractivity contribution in [2.75, 3.05) is 24.9 Å². The van der Waals surface area contributed by atoms with E-state index in [1.165, 1.54) is 0 Å². The zero-order valence-corrected chi connectivity index (χ0v) is 19.9. The van der Waals surface area contributed by atoms with Crippen molar-refractivity contribution in [3.05, 3.63) is 107 Å². The fraction of sp³-hybridized carbons (Fsp3) is 0.111. The Kier molecular flexibility index (Phi) is 6.16. The predicted octanol–water partition coefficient (Wildman–Crippen LogP) is 5.86. The third-order valence-electron chi connectivity index (χ3n) is 5.80.